The smallest absolute Gasteiger partial charge is 0.328 e. The fourth-order valence-corrected chi connectivity index (χ4v) is 5.15. The van der Waals surface area contributed by atoms with Crippen molar-refractivity contribution in [1.82, 2.24) is 5.32 Å². The van der Waals surface area contributed by atoms with Gasteiger partial charge in [0.25, 0.3) is 0 Å². The van der Waals surface area contributed by atoms with E-state index in [0.717, 1.165) is 83.5 Å². The summed E-state index contributed by atoms with van der Waals surface area (Å²) in [6.07, 6.45) is 15.7. The second kappa shape index (κ2) is 29.5. The summed E-state index contributed by atoms with van der Waals surface area (Å²) in [6, 6.07) is -0.921. The quantitative estimate of drug-likeness (QED) is 0.0272. The van der Waals surface area contributed by atoms with Gasteiger partial charge in [-0.15, -0.1) is 0 Å². The Morgan fingerprint density at radius 1 is 0.565 bits per heavy atom. The summed E-state index contributed by atoms with van der Waals surface area (Å²) in [6.45, 7) is 9.18. The molecule has 0 radical (unpaired) electrons. The van der Waals surface area contributed by atoms with Crippen LogP contribution in [-0.2, 0) is 33.4 Å². The van der Waals surface area contributed by atoms with Gasteiger partial charge >= 0.3 is 17.9 Å². The molecule has 0 saturated heterocycles. The van der Waals surface area contributed by atoms with E-state index in [-0.39, 0.29) is 74.8 Å². The fourth-order valence-electron chi connectivity index (χ4n) is 5.15. The summed E-state index contributed by atoms with van der Waals surface area (Å²) in [4.78, 5) is 54.4. The first-order chi connectivity index (χ1) is 22.2. The molecule has 268 valence electrons. The van der Waals surface area contributed by atoms with E-state index in [1.807, 2.05) is 0 Å². The average molecular weight is 655 g/mol. The molecule has 0 aliphatic rings. The van der Waals surface area contributed by atoms with Gasteiger partial charge in [-0.3, -0.25) is 19.4 Å². The third-order valence-electron chi connectivity index (χ3n) is 7.92. The highest BCUT2D eigenvalue weighted by Gasteiger charge is 2.23. The molecule has 0 saturated carbocycles. The lowest BCUT2D eigenvalue weighted by Gasteiger charge is -2.18. The van der Waals surface area contributed by atoms with Crippen LogP contribution in [0, 0.1) is 11.8 Å². The first-order valence-corrected chi connectivity index (χ1v) is 18.0. The number of carbonyl (C=O) groups is 4. The number of esters is 3. The van der Waals surface area contributed by atoms with Crippen LogP contribution in [0.5, 0.6) is 0 Å². The summed E-state index contributed by atoms with van der Waals surface area (Å²) >= 11 is 0. The van der Waals surface area contributed by atoms with E-state index in [4.69, 9.17) is 25.7 Å². The van der Waals surface area contributed by atoms with Crippen molar-refractivity contribution in [2.75, 3.05) is 26.4 Å². The van der Waals surface area contributed by atoms with Crippen molar-refractivity contribution in [3.05, 3.63) is 0 Å². The number of hydrogen-bond acceptors (Lipinski definition) is 8. The summed E-state index contributed by atoms with van der Waals surface area (Å²) < 4.78 is 16.4. The van der Waals surface area contributed by atoms with Crippen LogP contribution >= 0.6 is 0 Å². The molecule has 0 aliphatic heterocycles. The standard InChI is InChI=1S/C35H66N4O7/c1-5-9-12-14-21-29(19-11-7-3)33(42)44-25-15-16-26-46-34(43)30(23-24-38-35(36)37)39-31(40)22-17-27-45-32(41)28(18-8-4)20-13-10-6-2/h28-30H,5-27H2,1-4H3,(H,39,40)(H4,36,37,38)/t28?,29?,30-/m0/s1. The van der Waals surface area contributed by atoms with Gasteiger partial charge in [-0.1, -0.05) is 91.9 Å². The molecule has 0 fully saturated rings. The van der Waals surface area contributed by atoms with Crippen molar-refractivity contribution in [3.8, 4) is 0 Å². The van der Waals surface area contributed by atoms with Crippen LogP contribution < -0.4 is 16.8 Å². The fraction of sp³-hybridized carbons (Fsp3) is 0.857. The number of hydrogen-bond donors (Lipinski definition) is 3. The molecule has 5 N–H and O–H groups in total. The largest absolute Gasteiger partial charge is 0.465 e. The zero-order valence-corrected chi connectivity index (χ0v) is 29.5. The molecule has 0 aromatic carbocycles. The molecule has 0 rings (SSSR count). The average Bonchev–Trinajstić information content (AvgIpc) is 3.03. The molecule has 46 heavy (non-hydrogen) atoms. The number of amides is 1. The van der Waals surface area contributed by atoms with Gasteiger partial charge < -0.3 is 31.0 Å². The summed E-state index contributed by atoms with van der Waals surface area (Å²) in [5.74, 6) is -1.53. The Hall–Kier alpha value is -2.85. The molecule has 0 heterocycles. The van der Waals surface area contributed by atoms with Crippen molar-refractivity contribution in [2.45, 2.75) is 156 Å². The Balaban J connectivity index is 4.62. The molecule has 0 bridgehead atoms. The number of ether oxygens (including phenoxy) is 3. The number of nitrogens with one attached hydrogen (secondary N) is 1. The molecule has 0 aliphatic carbocycles. The summed E-state index contributed by atoms with van der Waals surface area (Å²) in [7, 11) is 0. The number of unbranched alkanes of at least 4 members (excludes halogenated alkanes) is 7. The minimum absolute atomic E-state index is 0.0511. The molecule has 3 atom stereocenters. The van der Waals surface area contributed by atoms with E-state index >= 15 is 0 Å². The number of carbonyl (C=O) groups excluding carboxylic acids is 4. The van der Waals surface area contributed by atoms with Gasteiger partial charge in [-0.25, -0.2) is 4.79 Å². The Bertz CT molecular complexity index is 849. The highest BCUT2D eigenvalue weighted by Crippen LogP contribution is 2.20. The predicted molar refractivity (Wildman–Crippen MR) is 183 cm³/mol. The van der Waals surface area contributed by atoms with E-state index in [2.05, 4.69) is 38.0 Å². The van der Waals surface area contributed by atoms with Crippen LogP contribution in [0.4, 0.5) is 0 Å². The van der Waals surface area contributed by atoms with Crippen LogP contribution in [-0.4, -0.2) is 62.2 Å². The van der Waals surface area contributed by atoms with Crippen LogP contribution in [0.3, 0.4) is 0 Å². The molecule has 11 nitrogen and oxygen atoms in total. The van der Waals surface area contributed by atoms with Crippen LogP contribution in [0.25, 0.3) is 0 Å². The van der Waals surface area contributed by atoms with Crippen molar-refractivity contribution in [3.63, 3.8) is 0 Å². The minimum atomic E-state index is -0.921. The van der Waals surface area contributed by atoms with Crippen LogP contribution in [0.15, 0.2) is 4.99 Å². The van der Waals surface area contributed by atoms with E-state index in [9.17, 15) is 19.2 Å². The summed E-state index contributed by atoms with van der Waals surface area (Å²) in [5.41, 5.74) is 10.8. The maximum atomic E-state index is 12.8. The van der Waals surface area contributed by atoms with Crippen LogP contribution in [0.1, 0.15) is 150 Å². The van der Waals surface area contributed by atoms with Crippen molar-refractivity contribution < 1.29 is 33.4 Å². The number of aliphatic imine (C=N–C) groups is 1. The SMILES string of the molecule is CCCCCCC(CCCC)C(=O)OCCCCOC(=O)[C@H](CCN=C(N)N)NC(=O)CCCOC(=O)C(CCC)CCCCC. The van der Waals surface area contributed by atoms with E-state index < -0.39 is 12.0 Å². The van der Waals surface area contributed by atoms with Gasteiger partial charge in [-0.05, 0) is 51.4 Å². The zero-order valence-electron chi connectivity index (χ0n) is 29.5. The molecule has 2 unspecified atom stereocenters. The van der Waals surface area contributed by atoms with Gasteiger partial charge in [0.05, 0.1) is 31.7 Å². The number of rotatable bonds is 30. The minimum Gasteiger partial charge on any atom is -0.465 e. The van der Waals surface area contributed by atoms with Gasteiger partial charge in [-0.2, -0.15) is 0 Å². The third kappa shape index (κ3) is 23.5. The molecule has 11 heteroatoms. The highest BCUT2D eigenvalue weighted by atomic mass is 16.5. The van der Waals surface area contributed by atoms with Gasteiger partial charge in [0.15, 0.2) is 5.96 Å². The Labute approximate surface area is 278 Å². The van der Waals surface area contributed by atoms with Gasteiger partial charge in [0.2, 0.25) is 5.91 Å². The topological polar surface area (TPSA) is 172 Å². The van der Waals surface area contributed by atoms with Crippen molar-refractivity contribution in [2.24, 2.45) is 28.3 Å². The number of nitrogens with zero attached hydrogens (tertiary/aromatic N) is 1. The highest BCUT2D eigenvalue weighted by molar-refractivity contribution is 5.84. The predicted octanol–water partition coefficient (Wildman–Crippen LogP) is 6.10. The van der Waals surface area contributed by atoms with E-state index in [1.54, 1.807) is 0 Å². The molecular weight excluding hydrogens is 588 g/mol. The van der Waals surface area contributed by atoms with Crippen molar-refractivity contribution >= 4 is 29.8 Å². The van der Waals surface area contributed by atoms with Crippen molar-refractivity contribution in [1.29, 1.82) is 0 Å². The van der Waals surface area contributed by atoms with Gasteiger partial charge in [0.1, 0.15) is 6.04 Å². The summed E-state index contributed by atoms with van der Waals surface area (Å²) in [5, 5.41) is 2.70. The maximum Gasteiger partial charge on any atom is 0.328 e. The second-order valence-electron chi connectivity index (χ2n) is 12.2. The van der Waals surface area contributed by atoms with E-state index in [0.29, 0.717) is 19.3 Å². The first-order valence-electron chi connectivity index (χ1n) is 18.0. The lowest BCUT2D eigenvalue weighted by atomic mass is 9.95. The van der Waals surface area contributed by atoms with E-state index in [1.165, 1.54) is 6.42 Å². The molecular formula is C35H66N4O7. The Morgan fingerprint density at radius 3 is 1.63 bits per heavy atom. The third-order valence-corrected chi connectivity index (χ3v) is 7.92. The molecule has 1 amide bonds. The van der Waals surface area contributed by atoms with Gasteiger partial charge in [0, 0.05) is 13.0 Å². The lowest BCUT2D eigenvalue weighted by Crippen LogP contribution is -2.42. The molecule has 0 aromatic heterocycles. The lowest BCUT2D eigenvalue weighted by molar-refractivity contribution is -0.151. The first kappa shape index (κ1) is 43.1. The number of nitrogens with two attached hydrogens (primary N) is 2. The second-order valence-corrected chi connectivity index (χ2v) is 12.2. The number of guanidine groups is 1. The molecule has 0 aromatic rings. The Kier molecular flexibility index (Phi) is 27.7. The normalized spacial score (nSPS) is 12.9. The maximum absolute atomic E-state index is 12.8. The zero-order chi connectivity index (χ0) is 34.4. The molecule has 0 spiro atoms. The monoisotopic (exact) mass is 654 g/mol. The Morgan fingerprint density at radius 2 is 1.07 bits per heavy atom. The van der Waals surface area contributed by atoms with Crippen LogP contribution in [0.2, 0.25) is 0 Å².